The smallest absolute Gasteiger partial charge is 0.136 e. The molecule has 0 unspecified atom stereocenters. The molecule has 26 heavy (non-hydrogen) atoms. The molecule has 5 nitrogen and oxygen atoms in total. The number of hydrogen-bond acceptors (Lipinski definition) is 5. The molecule has 0 fully saturated rings. The van der Waals surface area contributed by atoms with Gasteiger partial charge in [0.05, 0.1) is 17.8 Å². The van der Waals surface area contributed by atoms with Gasteiger partial charge in [-0.1, -0.05) is 35.9 Å². The summed E-state index contributed by atoms with van der Waals surface area (Å²) in [6.07, 6.45) is 0.869. The highest BCUT2D eigenvalue weighted by Gasteiger charge is 2.05. The molecule has 0 bridgehead atoms. The predicted octanol–water partition coefficient (Wildman–Crippen LogP) is 4.85. The highest BCUT2D eigenvalue weighted by atomic mass is 35.5. The first-order chi connectivity index (χ1) is 12.6. The highest BCUT2D eigenvalue weighted by Crippen LogP contribution is 2.24. The van der Waals surface area contributed by atoms with E-state index in [1.165, 1.54) is 5.56 Å². The van der Waals surface area contributed by atoms with Crippen LogP contribution in [0.1, 0.15) is 11.4 Å². The Morgan fingerprint density at radius 3 is 2.62 bits per heavy atom. The molecule has 0 radical (unpaired) electrons. The molecule has 0 aliphatic heterocycles. The number of methoxy groups -OCH3 is 1. The molecule has 1 aromatic heterocycles. The first kappa shape index (κ1) is 18.0. The first-order valence-electron chi connectivity index (χ1n) is 8.38. The second kappa shape index (κ2) is 8.54. The molecule has 0 atom stereocenters. The maximum absolute atomic E-state index is 6.20. The monoisotopic (exact) mass is 368 g/mol. The van der Waals surface area contributed by atoms with Gasteiger partial charge in [-0.15, -0.1) is 0 Å². The second-order valence-electron chi connectivity index (χ2n) is 5.82. The van der Waals surface area contributed by atoms with E-state index in [9.17, 15) is 0 Å². The lowest BCUT2D eigenvalue weighted by Gasteiger charge is -2.11. The Kier molecular flexibility index (Phi) is 5.92. The van der Waals surface area contributed by atoms with Crippen LogP contribution in [0.2, 0.25) is 5.02 Å². The van der Waals surface area contributed by atoms with Crippen molar-refractivity contribution in [2.45, 2.75) is 13.3 Å². The van der Waals surface area contributed by atoms with Crippen LogP contribution in [-0.2, 0) is 6.42 Å². The zero-order valence-corrected chi connectivity index (χ0v) is 15.5. The summed E-state index contributed by atoms with van der Waals surface area (Å²) >= 11 is 6.20. The lowest BCUT2D eigenvalue weighted by Crippen LogP contribution is -2.08. The topological polar surface area (TPSA) is 59.1 Å². The second-order valence-corrected chi connectivity index (χ2v) is 6.23. The third-order valence-electron chi connectivity index (χ3n) is 3.83. The van der Waals surface area contributed by atoms with E-state index in [4.69, 9.17) is 16.3 Å². The van der Waals surface area contributed by atoms with Gasteiger partial charge in [0.25, 0.3) is 0 Å². The summed E-state index contributed by atoms with van der Waals surface area (Å²) in [6, 6.07) is 17.5. The zero-order chi connectivity index (χ0) is 18.4. The van der Waals surface area contributed by atoms with E-state index in [1.807, 2.05) is 55.5 Å². The summed E-state index contributed by atoms with van der Waals surface area (Å²) in [6.45, 7) is 2.63. The predicted molar refractivity (Wildman–Crippen MR) is 107 cm³/mol. The summed E-state index contributed by atoms with van der Waals surface area (Å²) in [4.78, 5) is 8.86. The standard InChI is InChI=1S/C20H21ClN4O/c1-14-23-19(22-11-10-15-6-5-7-16(12-15)26-2)13-20(24-14)25-18-9-4-3-8-17(18)21/h3-9,12-13H,10-11H2,1-2H3,(H2,22,23,24,25). The number of benzene rings is 2. The van der Waals surface area contributed by atoms with E-state index >= 15 is 0 Å². The van der Waals surface area contributed by atoms with E-state index in [0.717, 1.165) is 30.2 Å². The van der Waals surface area contributed by atoms with Crippen LogP contribution >= 0.6 is 11.6 Å². The summed E-state index contributed by atoms with van der Waals surface area (Å²) in [7, 11) is 1.68. The van der Waals surface area contributed by atoms with E-state index in [0.29, 0.717) is 16.7 Å². The van der Waals surface area contributed by atoms with Gasteiger partial charge < -0.3 is 15.4 Å². The lowest BCUT2D eigenvalue weighted by molar-refractivity contribution is 0.414. The normalized spacial score (nSPS) is 10.4. The van der Waals surface area contributed by atoms with Gasteiger partial charge in [0, 0.05) is 12.6 Å². The molecule has 0 saturated heterocycles. The molecule has 6 heteroatoms. The van der Waals surface area contributed by atoms with Crippen molar-refractivity contribution in [3.63, 3.8) is 0 Å². The number of nitrogens with one attached hydrogen (secondary N) is 2. The van der Waals surface area contributed by atoms with Gasteiger partial charge in [-0.3, -0.25) is 0 Å². The fourth-order valence-electron chi connectivity index (χ4n) is 2.59. The van der Waals surface area contributed by atoms with Gasteiger partial charge in [-0.05, 0) is 43.2 Å². The molecule has 2 N–H and O–H groups in total. The molecule has 134 valence electrons. The van der Waals surface area contributed by atoms with E-state index in [-0.39, 0.29) is 0 Å². The Balaban J connectivity index is 1.65. The minimum atomic E-state index is 0.649. The van der Waals surface area contributed by atoms with Crippen LogP contribution in [0.15, 0.2) is 54.6 Å². The number of ether oxygens (including phenoxy) is 1. The Morgan fingerprint density at radius 1 is 1.00 bits per heavy atom. The van der Waals surface area contributed by atoms with Crippen LogP contribution in [0.3, 0.4) is 0 Å². The van der Waals surface area contributed by atoms with Gasteiger partial charge in [0.1, 0.15) is 23.2 Å². The van der Waals surface area contributed by atoms with Crippen LogP contribution < -0.4 is 15.4 Å². The molecule has 0 amide bonds. The number of aromatic nitrogens is 2. The van der Waals surface area contributed by atoms with Crippen LogP contribution in [-0.4, -0.2) is 23.6 Å². The summed E-state index contributed by atoms with van der Waals surface area (Å²) in [5.41, 5.74) is 2.02. The minimum Gasteiger partial charge on any atom is -0.497 e. The van der Waals surface area contributed by atoms with Crippen molar-refractivity contribution in [3.8, 4) is 5.75 Å². The Morgan fingerprint density at radius 2 is 1.81 bits per heavy atom. The molecular weight excluding hydrogens is 348 g/mol. The van der Waals surface area contributed by atoms with Crippen molar-refractivity contribution < 1.29 is 4.74 Å². The fraction of sp³-hybridized carbons (Fsp3) is 0.200. The van der Waals surface area contributed by atoms with Gasteiger partial charge >= 0.3 is 0 Å². The molecule has 3 rings (SSSR count). The minimum absolute atomic E-state index is 0.649. The van der Waals surface area contributed by atoms with Crippen molar-refractivity contribution in [2.75, 3.05) is 24.3 Å². The SMILES string of the molecule is COc1cccc(CCNc2cc(Nc3ccccc3Cl)nc(C)n2)c1. The maximum Gasteiger partial charge on any atom is 0.136 e. The van der Waals surface area contributed by atoms with Crippen LogP contribution in [0.4, 0.5) is 17.3 Å². The largest absolute Gasteiger partial charge is 0.497 e. The number of aryl methyl sites for hydroxylation is 1. The first-order valence-corrected chi connectivity index (χ1v) is 8.76. The Bertz CT molecular complexity index is 885. The van der Waals surface area contributed by atoms with Crippen molar-refractivity contribution >= 4 is 28.9 Å². The molecular formula is C20H21ClN4O. The third kappa shape index (κ3) is 4.86. The Labute approximate surface area is 158 Å². The van der Waals surface area contributed by atoms with Crippen molar-refractivity contribution in [2.24, 2.45) is 0 Å². The van der Waals surface area contributed by atoms with Crippen molar-refractivity contribution in [3.05, 3.63) is 71.0 Å². The molecule has 0 saturated carbocycles. The van der Waals surface area contributed by atoms with Crippen molar-refractivity contribution in [1.29, 1.82) is 0 Å². The van der Waals surface area contributed by atoms with Gasteiger partial charge in [0.2, 0.25) is 0 Å². The molecule has 2 aromatic carbocycles. The summed E-state index contributed by atoms with van der Waals surface area (Å²) in [5, 5.41) is 7.23. The zero-order valence-electron chi connectivity index (χ0n) is 14.8. The van der Waals surface area contributed by atoms with Gasteiger partial charge in [-0.2, -0.15) is 0 Å². The number of anilines is 3. The van der Waals surface area contributed by atoms with Gasteiger partial charge in [0.15, 0.2) is 0 Å². The lowest BCUT2D eigenvalue weighted by atomic mass is 10.1. The average molecular weight is 369 g/mol. The maximum atomic E-state index is 6.20. The van der Waals surface area contributed by atoms with Crippen LogP contribution in [0.25, 0.3) is 0 Å². The summed E-state index contributed by atoms with van der Waals surface area (Å²) in [5.74, 6) is 3.03. The fourth-order valence-corrected chi connectivity index (χ4v) is 2.77. The highest BCUT2D eigenvalue weighted by molar-refractivity contribution is 6.33. The van der Waals surface area contributed by atoms with E-state index in [2.05, 4.69) is 26.7 Å². The average Bonchev–Trinajstić information content (AvgIpc) is 2.63. The van der Waals surface area contributed by atoms with Crippen LogP contribution in [0, 0.1) is 6.92 Å². The number of para-hydroxylation sites is 1. The summed E-state index contributed by atoms with van der Waals surface area (Å²) < 4.78 is 5.26. The van der Waals surface area contributed by atoms with Crippen LogP contribution in [0.5, 0.6) is 5.75 Å². The molecule has 0 aliphatic carbocycles. The molecule has 0 spiro atoms. The number of hydrogen-bond donors (Lipinski definition) is 2. The van der Waals surface area contributed by atoms with Gasteiger partial charge in [-0.25, -0.2) is 9.97 Å². The quantitative estimate of drug-likeness (QED) is 0.624. The van der Waals surface area contributed by atoms with Crippen molar-refractivity contribution in [1.82, 2.24) is 9.97 Å². The molecule has 3 aromatic rings. The number of nitrogens with zero attached hydrogens (tertiary/aromatic N) is 2. The number of rotatable bonds is 7. The molecule has 0 aliphatic rings. The third-order valence-corrected chi connectivity index (χ3v) is 4.16. The van der Waals surface area contributed by atoms with E-state index in [1.54, 1.807) is 7.11 Å². The Hall–Kier alpha value is -2.79. The number of halogens is 1. The van der Waals surface area contributed by atoms with E-state index < -0.39 is 0 Å². The molecule has 1 heterocycles.